The smallest absolute Gasteiger partial charge is 0.142 e. The summed E-state index contributed by atoms with van der Waals surface area (Å²) >= 11 is 6.35. The van der Waals surface area contributed by atoms with E-state index in [9.17, 15) is 14.6 Å². The molecule has 178 valence electrons. The second-order valence-corrected chi connectivity index (χ2v) is 9.31. The molecule has 1 aliphatic carbocycles. The van der Waals surface area contributed by atoms with Crippen LogP contribution in [0.2, 0.25) is 5.02 Å². The van der Waals surface area contributed by atoms with Crippen LogP contribution in [0.5, 0.6) is 5.75 Å². The van der Waals surface area contributed by atoms with Crippen molar-refractivity contribution in [2.75, 3.05) is 7.11 Å². The van der Waals surface area contributed by atoms with E-state index in [-0.39, 0.29) is 17.0 Å². The van der Waals surface area contributed by atoms with E-state index in [0.29, 0.717) is 29.8 Å². The number of ether oxygens (including phenoxy) is 1. The quantitative estimate of drug-likeness (QED) is 0.380. The van der Waals surface area contributed by atoms with Crippen LogP contribution in [0.3, 0.4) is 0 Å². The summed E-state index contributed by atoms with van der Waals surface area (Å²) in [6, 6.07) is 4.87. The van der Waals surface area contributed by atoms with E-state index >= 15 is 0 Å². The van der Waals surface area contributed by atoms with Gasteiger partial charge in [-0.1, -0.05) is 18.5 Å². The number of nitrogens with one attached hydrogen (secondary N) is 1. The zero-order chi connectivity index (χ0) is 24.1. The first-order chi connectivity index (χ1) is 16.3. The number of rotatable bonds is 5. The van der Waals surface area contributed by atoms with Crippen LogP contribution in [0.4, 0.5) is 4.39 Å². The van der Waals surface area contributed by atoms with Gasteiger partial charge in [-0.05, 0) is 43.5 Å². The number of benzene rings is 1. The van der Waals surface area contributed by atoms with Crippen LogP contribution in [0.25, 0.3) is 22.2 Å². The topological polar surface area (TPSA) is 96.2 Å². The molecule has 9 heteroatoms. The van der Waals surface area contributed by atoms with Gasteiger partial charge in [0, 0.05) is 46.6 Å². The van der Waals surface area contributed by atoms with Crippen molar-refractivity contribution >= 4 is 22.6 Å². The first-order valence-corrected chi connectivity index (χ1v) is 11.6. The van der Waals surface area contributed by atoms with E-state index in [4.69, 9.17) is 16.3 Å². The third-order valence-electron chi connectivity index (χ3n) is 6.85. The van der Waals surface area contributed by atoms with Gasteiger partial charge < -0.3 is 19.9 Å². The number of aromatic nitrogens is 4. The van der Waals surface area contributed by atoms with Crippen molar-refractivity contribution in [3.8, 4) is 16.9 Å². The van der Waals surface area contributed by atoms with Crippen molar-refractivity contribution < 1.29 is 19.3 Å². The molecule has 34 heavy (non-hydrogen) atoms. The van der Waals surface area contributed by atoms with Gasteiger partial charge in [0.25, 0.3) is 0 Å². The number of H-pyrrole nitrogens is 1. The lowest BCUT2D eigenvalue weighted by Gasteiger charge is -2.17. The molecule has 1 aliphatic rings. The maximum absolute atomic E-state index is 14.3. The van der Waals surface area contributed by atoms with Gasteiger partial charge in [-0.15, -0.1) is 0 Å². The van der Waals surface area contributed by atoms with Gasteiger partial charge in [-0.2, -0.15) is 5.10 Å². The summed E-state index contributed by atoms with van der Waals surface area (Å²) in [7, 11) is 1.54. The van der Waals surface area contributed by atoms with E-state index in [1.165, 1.54) is 13.2 Å². The molecule has 0 amide bonds. The van der Waals surface area contributed by atoms with E-state index in [0.717, 1.165) is 27.8 Å². The lowest BCUT2D eigenvalue weighted by Crippen LogP contribution is -2.17. The van der Waals surface area contributed by atoms with Gasteiger partial charge in [-0.3, -0.25) is 4.68 Å². The second-order valence-electron chi connectivity index (χ2n) is 8.93. The third kappa shape index (κ3) is 3.76. The van der Waals surface area contributed by atoms with Crippen molar-refractivity contribution in [3.05, 3.63) is 64.5 Å². The van der Waals surface area contributed by atoms with Crippen molar-refractivity contribution in [2.45, 2.75) is 50.9 Å². The van der Waals surface area contributed by atoms with Crippen molar-refractivity contribution in [1.29, 1.82) is 0 Å². The SMILES string of the molecule is COc1ccc(F)c(Cl)c1[C@@H](C)c1c[nH]c2ncc(-c3cn([C@H]4C[C@@H](O)[C@@H](O)C4)nc3C)cc12. The molecule has 0 spiro atoms. The van der Waals surface area contributed by atoms with Crippen LogP contribution < -0.4 is 4.74 Å². The molecule has 3 aromatic heterocycles. The van der Waals surface area contributed by atoms with Crippen molar-refractivity contribution in [3.63, 3.8) is 0 Å². The highest BCUT2D eigenvalue weighted by Gasteiger charge is 2.33. The lowest BCUT2D eigenvalue weighted by molar-refractivity contribution is 0.0438. The molecule has 1 aromatic carbocycles. The Bertz CT molecular complexity index is 1360. The summed E-state index contributed by atoms with van der Waals surface area (Å²) in [6.07, 6.45) is 5.07. The average Bonchev–Trinajstić information content (AvgIpc) is 3.51. The number of fused-ring (bicyclic) bond motifs is 1. The molecular formula is C25H26ClFN4O3. The number of aryl methyl sites for hydroxylation is 1. The number of methoxy groups -OCH3 is 1. The van der Waals surface area contributed by atoms with Crippen LogP contribution in [0.1, 0.15) is 48.5 Å². The predicted molar refractivity (Wildman–Crippen MR) is 128 cm³/mol. The minimum absolute atomic E-state index is 0.0448. The summed E-state index contributed by atoms with van der Waals surface area (Å²) in [5, 5.41) is 25.4. The number of aromatic amines is 1. The zero-order valence-corrected chi connectivity index (χ0v) is 19.8. The van der Waals surface area contributed by atoms with Gasteiger partial charge in [0.1, 0.15) is 17.2 Å². The van der Waals surface area contributed by atoms with E-state index in [2.05, 4.69) is 15.1 Å². The number of nitrogens with zero attached hydrogens (tertiary/aromatic N) is 3. The van der Waals surface area contributed by atoms with Crippen LogP contribution >= 0.6 is 11.6 Å². The number of hydrogen-bond acceptors (Lipinski definition) is 5. The first-order valence-electron chi connectivity index (χ1n) is 11.2. The first kappa shape index (κ1) is 22.8. The molecule has 0 unspecified atom stereocenters. The maximum Gasteiger partial charge on any atom is 0.142 e. The molecule has 0 saturated heterocycles. The lowest BCUT2D eigenvalue weighted by atomic mass is 9.91. The highest BCUT2D eigenvalue weighted by Crippen LogP contribution is 2.41. The molecule has 7 nitrogen and oxygen atoms in total. The average molecular weight is 485 g/mol. The molecule has 1 saturated carbocycles. The fraction of sp³-hybridized carbons (Fsp3) is 0.360. The molecular weight excluding hydrogens is 459 g/mol. The molecule has 0 radical (unpaired) electrons. The Kier molecular flexibility index (Phi) is 5.83. The number of aliphatic hydroxyl groups excluding tert-OH is 2. The van der Waals surface area contributed by atoms with Crippen LogP contribution in [0.15, 0.2) is 36.8 Å². The van der Waals surface area contributed by atoms with Crippen molar-refractivity contribution in [2.24, 2.45) is 0 Å². The van der Waals surface area contributed by atoms with Gasteiger partial charge in [0.2, 0.25) is 0 Å². The highest BCUT2D eigenvalue weighted by molar-refractivity contribution is 6.31. The summed E-state index contributed by atoms with van der Waals surface area (Å²) in [5.74, 6) is -0.224. The Labute approximate surface area is 201 Å². The van der Waals surface area contributed by atoms with Crippen molar-refractivity contribution in [1.82, 2.24) is 19.7 Å². The highest BCUT2D eigenvalue weighted by atomic mass is 35.5. The van der Waals surface area contributed by atoms with E-state index in [1.54, 1.807) is 12.3 Å². The number of hydrogen-bond donors (Lipinski definition) is 3. The van der Waals surface area contributed by atoms with E-state index < -0.39 is 18.0 Å². The summed E-state index contributed by atoms with van der Waals surface area (Å²) in [5.41, 5.74) is 4.85. The molecule has 1 fully saturated rings. The normalized spacial score (nSPS) is 21.3. The van der Waals surface area contributed by atoms with Crippen LogP contribution in [-0.2, 0) is 0 Å². The summed E-state index contributed by atoms with van der Waals surface area (Å²) < 4.78 is 21.6. The molecule has 4 atom stereocenters. The molecule has 3 N–H and O–H groups in total. The Morgan fingerprint density at radius 3 is 2.71 bits per heavy atom. The maximum atomic E-state index is 14.3. The van der Waals surface area contributed by atoms with Crippen LogP contribution in [0, 0.1) is 12.7 Å². The summed E-state index contributed by atoms with van der Waals surface area (Å²) in [6.45, 7) is 3.88. The third-order valence-corrected chi connectivity index (χ3v) is 7.23. The molecule has 4 aromatic rings. The fourth-order valence-corrected chi connectivity index (χ4v) is 5.27. The molecule has 5 rings (SSSR count). The number of pyridine rings is 1. The van der Waals surface area contributed by atoms with Gasteiger partial charge >= 0.3 is 0 Å². The Morgan fingerprint density at radius 1 is 1.26 bits per heavy atom. The fourth-order valence-electron chi connectivity index (χ4n) is 4.95. The monoisotopic (exact) mass is 484 g/mol. The molecule has 0 aliphatic heterocycles. The summed E-state index contributed by atoms with van der Waals surface area (Å²) in [4.78, 5) is 7.80. The predicted octanol–water partition coefficient (Wildman–Crippen LogP) is 4.74. The standard InChI is InChI=1S/C25H26ClFN4O3/c1-12(23-22(34-3)5-4-19(27)24(23)26)17-10-29-25-16(17)6-14(9-28-25)18-11-31(30-13(18)2)15-7-20(32)21(33)8-15/h4-6,9-12,15,20-21,32-33H,7-8H2,1-3H3,(H,28,29)/t12-,15-,20+,21-/m0/s1. The molecule has 3 heterocycles. The Balaban J connectivity index is 1.55. The largest absolute Gasteiger partial charge is 0.496 e. The van der Waals surface area contributed by atoms with Gasteiger partial charge in [-0.25, -0.2) is 9.37 Å². The molecule has 0 bridgehead atoms. The van der Waals surface area contributed by atoms with E-state index in [1.807, 2.05) is 37.0 Å². The van der Waals surface area contributed by atoms with Gasteiger partial charge in [0.15, 0.2) is 0 Å². The number of aliphatic hydroxyl groups is 2. The minimum atomic E-state index is -0.730. The minimum Gasteiger partial charge on any atom is -0.496 e. The zero-order valence-electron chi connectivity index (χ0n) is 19.1. The van der Waals surface area contributed by atoms with Crippen LogP contribution in [-0.4, -0.2) is 49.3 Å². The van der Waals surface area contributed by atoms with Gasteiger partial charge in [0.05, 0.1) is 36.1 Å². The second kappa shape index (κ2) is 8.69. The Hall–Kier alpha value is -2.94. The Morgan fingerprint density at radius 2 is 2.00 bits per heavy atom. The number of halogens is 2.